The first-order valence-electron chi connectivity index (χ1n) is 13.1. The van der Waals surface area contributed by atoms with Gasteiger partial charge in [-0.05, 0) is 58.5 Å². The molecule has 38 heavy (non-hydrogen) atoms. The second-order valence-electron chi connectivity index (χ2n) is 9.58. The minimum atomic E-state index is -1.04. The number of carboxylic acid groups (broad SMARTS) is 1. The van der Waals surface area contributed by atoms with Crippen LogP contribution in [0.4, 0.5) is 5.82 Å². The summed E-state index contributed by atoms with van der Waals surface area (Å²) in [4.78, 5) is 34.5. The van der Waals surface area contributed by atoms with Crippen molar-refractivity contribution in [3.63, 3.8) is 0 Å². The van der Waals surface area contributed by atoms with Gasteiger partial charge in [0.2, 0.25) is 0 Å². The summed E-state index contributed by atoms with van der Waals surface area (Å²) in [7, 11) is 0. The zero-order valence-electron chi connectivity index (χ0n) is 21.9. The summed E-state index contributed by atoms with van der Waals surface area (Å²) >= 11 is 3.48. The van der Waals surface area contributed by atoms with Gasteiger partial charge in [-0.15, -0.1) is 0 Å². The number of benzene rings is 2. The summed E-state index contributed by atoms with van der Waals surface area (Å²) in [6.45, 7) is 6.81. The molecular formula is C29H34BrN5O3. The average molecular weight is 581 g/mol. The number of anilines is 1. The molecule has 0 aliphatic carbocycles. The Labute approximate surface area is 231 Å². The lowest BCUT2D eigenvalue weighted by atomic mass is 10.0. The van der Waals surface area contributed by atoms with Crippen molar-refractivity contribution in [2.24, 2.45) is 0 Å². The molecule has 200 valence electrons. The van der Waals surface area contributed by atoms with Crippen LogP contribution in [0.2, 0.25) is 0 Å². The first kappa shape index (κ1) is 27.7. The molecule has 2 N–H and O–H groups in total. The summed E-state index contributed by atoms with van der Waals surface area (Å²) in [5, 5.41) is 17.8. The molecule has 1 unspecified atom stereocenters. The van der Waals surface area contributed by atoms with Crippen molar-refractivity contribution in [1.82, 2.24) is 14.5 Å². The molecule has 1 aliphatic heterocycles. The van der Waals surface area contributed by atoms with Crippen molar-refractivity contribution in [2.45, 2.75) is 45.6 Å². The minimum Gasteiger partial charge on any atom is -0.478 e. The van der Waals surface area contributed by atoms with Crippen molar-refractivity contribution in [3.8, 4) is 5.69 Å². The molecule has 2 heterocycles. The predicted molar refractivity (Wildman–Crippen MR) is 154 cm³/mol. The van der Waals surface area contributed by atoms with Crippen LogP contribution in [0, 0.1) is 5.41 Å². The third-order valence-corrected chi connectivity index (χ3v) is 7.44. The number of piperazine rings is 1. The molecule has 3 aromatic rings. The third-order valence-electron chi connectivity index (χ3n) is 7.06. The van der Waals surface area contributed by atoms with E-state index in [1.807, 2.05) is 30.0 Å². The van der Waals surface area contributed by atoms with Crippen LogP contribution in [0.3, 0.4) is 0 Å². The van der Waals surface area contributed by atoms with Crippen LogP contribution in [0.25, 0.3) is 5.69 Å². The SMILES string of the molecule is CCCC(=N)CCN1CCN(c2nc(Br)cn(-c3cc(C(=O)O)ccc3CC)c2=O)CC1c1ccccc1. The first-order chi connectivity index (χ1) is 18.3. The van der Waals surface area contributed by atoms with Gasteiger partial charge in [0, 0.05) is 38.1 Å². The van der Waals surface area contributed by atoms with Crippen LogP contribution in [0.15, 0.2) is 64.1 Å². The molecule has 0 bridgehead atoms. The van der Waals surface area contributed by atoms with E-state index in [0.717, 1.165) is 49.2 Å². The van der Waals surface area contributed by atoms with E-state index in [1.54, 1.807) is 24.4 Å². The predicted octanol–water partition coefficient (Wildman–Crippen LogP) is 5.33. The molecule has 9 heteroatoms. The van der Waals surface area contributed by atoms with Crippen LogP contribution in [-0.4, -0.2) is 57.4 Å². The lowest BCUT2D eigenvalue weighted by Gasteiger charge is -2.42. The number of nitrogens with one attached hydrogen (secondary N) is 1. The maximum atomic E-state index is 13.8. The molecule has 0 spiro atoms. The second kappa shape index (κ2) is 12.5. The molecular weight excluding hydrogens is 546 g/mol. The fourth-order valence-corrected chi connectivity index (χ4v) is 5.41. The number of aromatic carboxylic acids is 1. The Kier molecular flexibility index (Phi) is 9.12. The molecule has 1 aromatic heterocycles. The number of rotatable bonds is 10. The van der Waals surface area contributed by atoms with E-state index in [4.69, 9.17) is 5.41 Å². The van der Waals surface area contributed by atoms with Crippen molar-refractivity contribution >= 4 is 33.4 Å². The Morgan fingerprint density at radius 1 is 1.13 bits per heavy atom. The Bertz CT molecular complexity index is 1360. The molecule has 0 radical (unpaired) electrons. The number of aryl methyl sites for hydroxylation is 1. The molecule has 2 aromatic carbocycles. The normalized spacial score (nSPS) is 16.0. The summed E-state index contributed by atoms with van der Waals surface area (Å²) in [6.07, 6.45) is 4.79. The van der Waals surface area contributed by atoms with E-state index in [1.165, 1.54) is 4.57 Å². The molecule has 1 saturated heterocycles. The van der Waals surface area contributed by atoms with Gasteiger partial charge in [0.25, 0.3) is 5.56 Å². The van der Waals surface area contributed by atoms with Gasteiger partial charge in [0.15, 0.2) is 5.82 Å². The Hall–Kier alpha value is -3.30. The maximum absolute atomic E-state index is 13.8. The smallest absolute Gasteiger partial charge is 0.335 e. The van der Waals surface area contributed by atoms with Gasteiger partial charge in [0.1, 0.15) is 4.60 Å². The van der Waals surface area contributed by atoms with Crippen LogP contribution in [0.1, 0.15) is 60.6 Å². The summed E-state index contributed by atoms with van der Waals surface area (Å²) in [5.74, 6) is -0.703. The molecule has 0 saturated carbocycles. The Morgan fingerprint density at radius 2 is 1.89 bits per heavy atom. The zero-order chi connectivity index (χ0) is 27.2. The highest BCUT2D eigenvalue weighted by molar-refractivity contribution is 9.10. The van der Waals surface area contributed by atoms with Crippen LogP contribution >= 0.6 is 15.9 Å². The van der Waals surface area contributed by atoms with Crippen molar-refractivity contribution in [2.75, 3.05) is 31.1 Å². The van der Waals surface area contributed by atoms with Gasteiger partial charge in [-0.2, -0.15) is 0 Å². The Morgan fingerprint density at radius 3 is 2.58 bits per heavy atom. The highest BCUT2D eigenvalue weighted by atomic mass is 79.9. The standard InChI is InChI=1S/C29H34BrN5O3/c1-3-8-23(31)13-14-33-15-16-34(18-25(33)21-9-6-5-7-10-21)27-28(36)35(19-26(30)32-27)24-17-22(29(37)38)12-11-20(24)4-2/h5-7,9-12,17,19,25,31H,3-4,8,13-16,18H2,1-2H3,(H,37,38). The number of carboxylic acids is 1. The molecule has 0 amide bonds. The highest BCUT2D eigenvalue weighted by Gasteiger charge is 2.30. The van der Waals surface area contributed by atoms with Crippen LogP contribution in [0.5, 0.6) is 0 Å². The number of hydrogen-bond donors (Lipinski definition) is 2. The second-order valence-corrected chi connectivity index (χ2v) is 10.4. The average Bonchev–Trinajstić information content (AvgIpc) is 2.93. The van der Waals surface area contributed by atoms with Gasteiger partial charge in [-0.3, -0.25) is 14.3 Å². The lowest BCUT2D eigenvalue weighted by Crippen LogP contribution is -2.50. The number of halogens is 1. The van der Waals surface area contributed by atoms with E-state index >= 15 is 0 Å². The van der Waals surface area contributed by atoms with Gasteiger partial charge in [-0.25, -0.2) is 9.78 Å². The first-order valence-corrected chi connectivity index (χ1v) is 13.9. The zero-order valence-corrected chi connectivity index (χ0v) is 23.4. The van der Waals surface area contributed by atoms with E-state index in [-0.39, 0.29) is 17.2 Å². The lowest BCUT2D eigenvalue weighted by molar-refractivity contribution is 0.0697. The number of nitrogens with zero attached hydrogens (tertiary/aromatic N) is 4. The van der Waals surface area contributed by atoms with E-state index in [9.17, 15) is 14.7 Å². The van der Waals surface area contributed by atoms with Crippen LogP contribution < -0.4 is 10.5 Å². The monoisotopic (exact) mass is 579 g/mol. The van der Waals surface area contributed by atoms with Gasteiger partial charge < -0.3 is 15.4 Å². The Balaban J connectivity index is 1.69. The molecule has 4 rings (SSSR count). The number of carbonyl (C=O) groups is 1. The fraction of sp³-hybridized carbons (Fsp3) is 0.379. The quantitative estimate of drug-likeness (QED) is 0.315. The molecule has 8 nitrogen and oxygen atoms in total. The minimum absolute atomic E-state index is 0.0505. The molecule has 1 aliphatic rings. The van der Waals surface area contributed by atoms with Crippen molar-refractivity contribution < 1.29 is 9.90 Å². The summed E-state index contributed by atoms with van der Waals surface area (Å²) < 4.78 is 2.01. The van der Waals surface area contributed by atoms with E-state index in [2.05, 4.69) is 44.9 Å². The third kappa shape index (κ3) is 6.22. The van der Waals surface area contributed by atoms with Gasteiger partial charge >= 0.3 is 5.97 Å². The van der Waals surface area contributed by atoms with Crippen LogP contribution in [-0.2, 0) is 6.42 Å². The van der Waals surface area contributed by atoms with Crippen molar-refractivity contribution in [1.29, 1.82) is 5.41 Å². The van der Waals surface area contributed by atoms with Crippen molar-refractivity contribution in [3.05, 3.63) is 86.4 Å². The maximum Gasteiger partial charge on any atom is 0.335 e. The summed E-state index contributed by atoms with van der Waals surface area (Å²) in [6, 6.07) is 15.2. The highest BCUT2D eigenvalue weighted by Crippen LogP contribution is 2.28. The topological polar surface area (TPSA) is 103 Å². The molecule has 1 atom stereocenters. The van der Waals surface area contributed by atoms with E-state index < -0.39 is 5.97 Å². The summed E-state index contributed by atoms with van der Waals surface area (Å²) in [5.41, 5.74) is 3.21. The fourth-order valence-electron chi connectivity index (χ4n) is 5.03. The molecule has 1 fully saturated rings. The van der Waals surface area contributed by atoms with Gasteiger partial charge in [0.05, 0.1) is 17.3 Å². The van der Waals surface area contributed by atoms with Gasteiger partial charge in [-0.1, -0.05) is 56.7 Å². The number of aromatic nitrogens is 2. The largest absolute Gasteiger partial charge is 0.478 e. The number of hydrogen-bond acceptors (Lipinski definition) is 6. The van der Waals surface area contributed by atoms with E-state index in [0.29, 0.717) is 35.6 Å².